The van der Waals surface area contributed by atoms with Crippen LogP contribution < -0.4 is 11.1 Å². The van der Waals surface area contributed by atoms with E-state index in [2.05, 4.69) is 19.2 Å². The summed E-state index contributed by atoms with van der Waals surface area (Å²) >= 11 is 0. The number of carbonyl (C=O) groups is 1. The highest BCUT2D eigenvalue weighted by Crippen LogP contribution is 2.21. The van der Waals surface area contributed by atoms with Gasteiger partial charge in [0.15, 0.2) is 0 Å². The minimum absolute atomic E-state index is 0.143. The van der Waals surface area contributed by atoms with Gasteiger partial charge in [0.2, 0.25) is 0 Å². The second kappa shape index (κ2) is 6.28. The molecule has 0 saturated carbocycles. The van der Waals surface area contributed by atoms with Crippen molar-refractivity contribution in [2.75, 3.05) is 11.1 Å². The zero-order valence-corrected chi connectivity index (χ0v) is 11.5. The number of hydrogen-bond acceptors (Lipinski definition) is 4. The van der Waals surface area contributed by atoms with E-state index in [0.29, 0.717) is 17.3 Å². The number of esters is 1. The molecule has 1 aromatic carbocycles. The summed E-state index contributed by atoms with van der Waals surface area (Å²) in [4.78, 5) is 12.0. The molecule has 0 heterocycles. The van der Waals surface area contributed by atoms with Crippen LogP contribution >= 0.6 is 0 Å². The molecule has 1 atom stereocenters. The van der Waals surface area contributed by atoms with Gasteiger partial charge in [0.25, 0.3) is 0 Å². The first-order valence-corrected chi connectivity index (χ1v) is 6.31. The Morgan fingerprint density at radius 3 is 2.61 bits per heavy atom. The van der Waals surface area contributed by atoms with Crippen molar-refractivity contribution in [1.82, 2.24) is 0 Å². The molecule has 0 fully saturated rings. The molecule has 0 radical (unpaired) electrons. The Bertz CT molecular complexity index is 416. The minimum Gasteiger partial charge on any atom is -0.459 e. The van der Waals surface area contributed by atoms with E-state index in [9.17, 15) is 4.79 Å². The SMILES string of the molecule is CCC(C)Nc1ccc(N)cc1C(=O)OC(C)C. The quantitative estimate of drug-likeness (QED) is 0.622. The zero-order chi connectivity index (χ0) is 13.7. The lowest BCUT2D eigenvalue weighted by Crippen LogP contribution is -2.18. The molecule has 0 bridgehead atoms. The topological polar surface area (TPSA) is 64.3 Å². The molecule has 0 spiro atoms. The molecule has 0 saturated heterocycles. The normalized spacial score (nSPS) is 12.3. The first-order valence-electron chi connectivity index (χ1n) is 6.31. The molecule has 1 unspecified atom stereocenters. The van der Waals surface area contributed by atoms with Gasteiger partial charge in [-0.25, -0.2) is 4.79 Å². The Kier molecular flexibility index (Phi) is 5.01. The van der Waals surface area contributed by atoms with Crippen molar-refractivity contribution in [3.8, 4) is 0 Å². The maximum atomic E-state index is 12.0. The smallest absolute Gasteiger partial charge is 0.340 e. The third-order valence-electron chi connectivity index (χ3n) is 2.62. The minimum atomic E-state index is -0.344. The number of nitrogens with one attached hydrogen (secondary N) is 1. The van der Waals surface area contributed by atoms with Crippen LogP contribution in [0.3, 0.4) is 0 Å². The lowest BCUT2D eigenvalue weighted by molar-refractivity contribution is 0.0379. The number of benzene rings is 1. The molecule has 18 heavy (non-hydrogen) atoms. The second-order valence-corrected chi connectivity index (χ2v) is 4.71. The van der Waals surface area contributed by atoms with E-state index >= 15 is 0 Å². The fourth-order valence-electron chi connectivity index (χ4n) is 1.50. The molecule has 0 aliphatic carbocycles. The predicted octanol–water partition coefficient (Wildman–Crippen LogP) is 3.04. The molecule has 0 aliphatic rings. The van der Waals surface area contributed by atoms with Crippen LogP contribution in [0.2, 0.25) is 0 Å². The molecule has 4 heteroatoms. The van der Waals surface area contributed by atoms with Gasteiger partial charge >= 0.3 is 5.97 Å². The molecule has 4 nitrogen and oxygen atoms in total. The third-order valence-corrected chi connectivity index (χ3v) is 2.62. The number of nitrogens with two attached hydrogens (primary N) is 1. The number of ether oxygens (including phenoxy) is 1. The van der Waals surface area contributed by atoms with Crippen molar-refractivity contribution in [2.45, 2.75) is 46.3 Å². The third kappa shape index (κ3) is 3.95. The highest BCUT2D eigenvalue weighted by Gasteiger charge is 2.15. The molecule has 1 rings (SSSR count). The fraction of sp³-hybridized carbons (Fsp3) is 0.500. The first-order chi connectivity index (χ1) is 8.43. The first kappa shape index (κ1) is 14.4. The summed E-state index contributed by atoms with van der Waals surface area (Å²) in [5, 5.41) is 3.29. The lowest BCUT2D eigenvalue weighted by Gasteiger charge is -2.17. The zero-order valence-electron chi connectivity index (χ0n) is 11.5. The van der Waals surface area contributed by atoms with Crippen LogP contribution in [-0.2, 0) is 4.74 Å². The summed E-state index contributed by atoms with van der Waals surface area (Å²) in [5.74, 6) is -0.344. The molecule has 0 amide bonds. The van der Waals surface area contributed by atoms with Gasteiger partial charge < -0.3 is 15.8 Å². The van der Waals surface area contributed by atoms with Gasteiger partial charge in [0, 0.05) is 17.4 Å². The largest absolute Gasteiger partial charge is 0.459 e. The lowest BCUT2D eigenvalue weighted by atomic mass is 10.1. The summed E-state index contributed by atoms with van der Waals surface area (Å²) < 4.78 is 5.21. The van der Waals surface area contributed by atoms with Crippen LogP contribution in [0.25, 0.3) is 0 Å². The van der Waals surface area contributed by atoms with Crippen LogP contribution in [0, 0.1) is 0 Å². The summed E-state index contributed by atoms with van der Waals surface area (Å²) in [7, 11) is 0. The number of hydrogen-bond donors (Lipinski definition) is 2. The summed E-state index contributed by atoms with van der Waals surface area (Å²) in [6.45, 7) is 7.80. The van der Waals surface area contributed by atoms with Crippen molar-refractivity contribution in [2.24, 2.45) is 0 Å². The van der Waals surface area contributed by atoms with Crippen LogP contribution in [0.15, 0.2) is 18.2 Å². The fourth-order valence-corrected chi connectivity index (χ4v) is 1.50. The average molecular weight is 250 g/mol. The highest BCUT2D eigenvalue weighted by molar-refractivity contribution is 5.96. The maximum absolute atomic E-state index is 12.0. The van der Waals surface area contributed by atoms with Crippen LogP contribution in [-0.4, -0.2) is 18.1 Å². The van der Waals surface area contributed by atoms with Gasteiger partial charge in [0.1, 0.15) is 0 Å². The highest BCUT2D eigenvalue weighted by atomic mass is 16.5. The monoisotopic (exact) mass is 250 g/mol. The molecule has 3 N–H and O–H groups in total. The molecule has 1 aromatic rings. The van der Waals surface area contributed by atoms with E-state index < -0.39 is 0 Å². The van der Waals surface area contributed by atoms with Crippen molar-refractivity contribution < 1.29 is 9.53 Å². The molecule has 0 aromatic heterocycles. The van der Waals surface area contributed by atoms with E-state index in [1.165, 1.54) is 0 Å². The van der Waals surface area contributed by atoms with Gasteiger partial charge in [0.05, 0.1) is 11.7 Å². The summed E-state index contributed by atoms with van der Waals surface area (Å²) in [6, 6.07) is 5.53. The summed E-state index contributed by atoms with van der Waals surface area (Å²) in [5.41, 5.74) is 7.54. The van der Waals surface area contributed by atoms with Gasteiger partial charge in [-0.2, -0.15) is 0 Å². The standard InChI is InChI=1S/C14H22N2O2/c1-5-10(4)16-13-7-6-11(15)8-12(13)14(17)18-9(2)3/h6-10,16H,5,15H2,1-4H3. The average Bonchev–Trinajstić information content (AvgIpc) is 2.30. The second-order valence-electron chi connectivity index (χ2n) is 4.71. The van der Waals surface area contributed by atoms with E-state index in [1.54, 1.807) is 12.1 Å². The van der Waals surface area contributed by atoms with Crippen LogP contribution in [0.4, 0.5) is 11.4 Å². The van der Waals surface area contributed by atoms with Crippen LogP contribution in [0.5, 0.6) is 0 Å². The summed E-state index contributed by atoms with van der Waals surface area (Å²) in [6.07, 6.45) is 0.832. The molecule has 100 valence electrons. The van der Waals surface area contributed by atoms with Gasteiger partial charge in [-0.05, 0) is 45.4 Å². The van der Waals surface area contributed by atoms with Crippen molar-refractivity contribution in [3.63, 3.8) is 0 Å². The maximum Gasteiger partial charge on any atom is 0.340 e. The number of rotatable bonds is 5. The number of nitrogen functional groups attached to an aromatic ring is 1. The van der Waals surface area contributed by atoms with Gasteiger partial charge in [-0.3, -0.25) is 0 Å². The van der Waals surface area contributed by atoms with E-state index in [4.69, 9.17) is 10.5 Å². The Hall–Kier alpha value is -1.71. The number of carbonyl (C=O) groups excluding carboxylic acids is 1. The van der Waals surface area contributed by atoms with Crippen LogP contribution in [0.1, 0.15) is 44.5 Å². The molecular formula is C14H22N2O2. The van der Waals surface area contributed by atoms with Gasteiger partial charge in [-0.15, -0.1) is 0 Å². The number of anilines is 2. The Balaban J connectivity index is 2.99. The van der Waals surface area contributed by atoms with E-state index in [0.717, 1.165) is 12.1 Å². The van der Waals surface area contributed by atoms with Crippen molar-refractivity contribution >= 4 is 17.3 Å². The Morgan fingerprint density at radius 2 is 2.06 bits per heavy atom. The molecule has 0 aliphatic heterocycles. The van der Waals surface area contributed by atoms with E-state index in [1.807, 2.05) is 19.9 Å². The molecular weight excluding hydrogens is 228 g/mol. The van der Waals surface area contributed by atoms with Crippen molar-refractivity contribution in [1.29, 1.82) is 0 Å². The van der Waals surface area contributed by atoms with E-state index in [-0.39, 0.29) is 12.1 Å². The van der Waals surface area contributed by atoms with Gasteiger partial charge in [-0.1, -0.05) is 6.92 Å². The van der Waals surface area contributed by atoms with Crippen molar-refractivity contribution in [3.05, 3.63) is 23.8 Å². The Morgan fingerprint density at radius 1 is 1.39 bits per heavy atom. The predicted molar refractivity (Wildman–Crippen MR) is 74.8 cm³/mol. The Labute approximate surface area is 109 Å².